The highest BCUT2D eigenvalue weighted by Gasteiger charge is 2.36. The molecule has 0 fully saturated rings. The van der Waals surface area contributed by atoms with E-state index >= 15 is 0 Å². The lowest BCUT2D eigenvalue weighted by atomic mass is 10.2. The molecule has 17 heavy (non-hydrogen) atoms. The summed E-state index contributed by atoms with van der Waals surface area (Å²) in [5.41, 5.74) is 0. The standard InChI is InChI=1S/C12H20BrNO2Si/c1-12(2,3)17(4,5)15-8-6-7-10-9-11(13)14-16-10/h6-7,9H,8H2,1-5H3/b7-6-. The average Bonchev–Trinajstić information content (AvgIpc) is 2.57. The molecule has 1 aromatic rings. The van der Waals surface area contributed by atoms with Crippen LogP contribution in [0.1, 0.15) is 26.5 Å². The van der Waals surface area contributed by atoms with E-state index in [1.54, 1.807) is 0 Å². The molecule has 0 aromatic carbocycles. The smallest absolute Gasteiger partial charge is 0.192 e. The summed E-state index contributed by atoms with van der Waals surface area (Å²) in [5, 5.41) is 3.99. The third-order valence-corrected chi connectivity index (χ3v) is 8.00. The Morgan fingerprint density at radius 2 is 2.12 bits per heavy atom. The average molecular weight is 318 g/mol. The van der Waals surface area contributed by atoms with E-state index in [2.05, 4.69) is 55.0 Å². The summed E-state index contributed by atoms with van der Waals surface area (Å²) < 4.78 is 11.7. The molecule has 0 aliphatic carbocycles. The molecule has 0 atom stereocenters. The van der Waals surface area contributed by atoms with Crippen LogP contribution in [0, 0.1) is 0 Å². The molecule has 1 rings (SSSR count). The Morgan fingerprint density at radius 1 is 1.47 bits per heavy atom. The fourth-order valence-electron chi connectivity index (χ4n) is 0.982. The lowest BCUT2D eigenvalue weighted by Crippen LogP contribution is -2.40. The van der Waals surface area contributed by atoms with Crippen molar-refractivity contribution in [2.24, 2.45) is 0 Å². The monoisotopic (exact) mass is 317 g/mol. The Kier molecular flexibility index (Phi) is 4.74. The maximum Gasteiger partial charge on any atom is 0.192 e. The van der Waals surface area contributed by atoms with Gasteiger partial charge in [-0.3, -0.25) is 0 Å². The summed E-state index contributed by atoms with van der Waals surface area (Å²) in [6.07, 6.45) is 3.85. The van der Waals surface area contributed by atoms with E-state index in [0.717, 1.165) is 5.76 Å². The second kappa shape index (κ2) is 5.50. The highest BCUT2D eigenvalue weighted by atomic mass is 79.9. The molecule has 0 amide bonds. The molecular weight excluding hydrogens is 298 g/mol. The number of aromatic nitrogens is 1. The predicted molar refractivity (Wildman–Crippen MR) is 76.4 cm³/mol. The minimum atomic E-state index is -1.64. The van der Waals surface area contributed by atoms with Gasteiger partial charge in [-0.1, -0.05) is 32.0 Å². The normalized spacial score (nSPS) is 13.5. The van der Waals surface area contributed by atoms with Crippen LogP contribution in [0.15, 0.2) is 21.3 Å². The van der Waals surface area contributed by atoms with Crippen LogP contribution >= 0.6 is 15.9 Å². The van der Waals surface area contributed by atoms with Crippen molar-refractivity contribution in [3.8, 4) is 0 Å². The van der Waals surface area contributed by atoms with Crippen molar-refractivity contribution in [1.82, 2.24) is 5.16 Å². The second-order valence-electron chi connectivity index (χ2n) is 5.53. The summed E-state index contributed by atoms with van der Waals surface area (Å²) in [6.45, 7) is 11.8. The fraction of sp³-hybridized carbons (Fsp3) is 0.583. The fourth-order valence-corrected chi connectivity index (χ4v) is 2.23. The molecule has 0 aliphatic heterocycles. The van der Waals surface area contributed by atoms with E-state index in [1.165, 1.54) is 0 Å². The van der Waals surface area contributed by atoms with Crippen LogP contribution in [-0.2, 0) is 4.43 Å². The van der Waals surface area contributed by atoms with Crippen molar-refractivity contribution in [3.63, 3.8) is 0 Å². The van der Waals surface area contributed by atoms with Crippen molar-refractivity contribution in [3.05, 3.63) is 22.5 Å². The minimum Gasteiger partial charge on any atom is -0.413 e. The molecule has 1 heterocycles. The molecule has 0 saturated carbocycles. The van der Waals surface area contributed by atoms with Crippen LogP contribution in [0.4, 0.5) is 0 Å². The first-order valence-electron chi connectivity index (χ1n) is 5.65. The minimum absolute atomic E-state index is 0.246. The Bertz CT molecular complexity index is 393. The van der Waals surface area contributed by atoms with E-state index in [4.69, 9.17) is 8.95 Å². The van der Waals surface area contributed by atoms with E-state index in [1.807, 2.05) is 18.2 Å². The molecule has 0 bridgehead atoms. The summed E-state index contributed by atoms with van der Waals surface area (Å²) in [7, 11) is -1.64. The van der Waals surface area contributed by atoms with Gasteiger partial charge in [0, 0.05) is 6.07 Å². The third kappa shape index (κ3) is 4.41. The first-order valence-corrected chi connectivity index (χ1v) is 9.35. The molecular formula is C12H20BrNO2Si. The van der Waals surface area contributed by atoms with E-state index in [0.29, 0.717) is 11.2 Å². The molecule has 96 valence electrons. The Labute approximate surface area is 112 Å². The molecule has 0 saturated heterocycles. The molecule has 3 nitrogen and oxygen atoms in total. The zero-order chi connectivity index (χ0) is 13.1. The lowest BCUT2D eigenvalue weighted by molar-refractivity contribution is 0.328. The van der Waals surface area contributed by atoms with Crippen molar-refractivity contribution in [2.45, 2.75) is 38.9 Å². The van der Waals surface area contributed by atoms with Crippen LogP contribution in [0.5, 0.6) is 0 Å². The lowest BCUT2D eigenvalue weighted by Gasteiger charge is -2.35. The van der Waals surface area contributed by atoms with E-state index < -0.39 is 8.32 Å². The molecule has 0 radical (unpaired) electrons. The SMILES string of the molecule is CC(C)(C)[Si](C)(C)OC/C=C\c1cc(Br)no1. The van der Waals surface area contributed by atoms with Gasteiger partial charge < -0.3 is 8.95 Å². The van der Waals surface area contributed by atoms with Crippen molar-refractivity contribution < 1.29 is 8.95 Å². The number of hydrogen-bond donors (Lipinski definition) is 0. The zero-order valence-electron chi connectivity index (χ0n) is 11.1. The molecule has 0 aliphatic rings. The molecule has 0 spiro atoms. The van der Waals surface area contributed by atoms with Gasteiger partial charge in [-0.2, -0.15) is 0 Å². The summed E-state index contributed by atoms with van der Waals surface area (Å²) in [5.74, 6) is 0.732. The predicted octanol–water partition coefficient (Wildman–Crippen LogP) is 4.47. The van der Waals surface area contributed by atoms with Gasteiger partial charge in [0.1, 0.15) is 4.60 Å². The maximum absolute atomic E-state index is 6.00. The second-order valence-corrected chi connectivity index (χ2v) is 11.1. The Hall–Kier alpha value is -0.393. The van der Waals surface area contributed by atoms with Crippen molar-refractivity contribution >= 4 is 30.3 Å². The van der Waals surface area contributed by atoms with Gasteiger partial charge in [0.2, 0.25) is 0 Å². The first-order chi connectivity index (χ1) is 7.72. The van der Waals surface area contributed by atoms with Gasteiger partial charge in [0.05, 0.1) is 6.61 Å². The Morgan fingerprint density at radius 3 is 2.59 bits per heavy atom. The number of halogens is 1. The first kappa shape index (κ1) is 14.7. The van der Waals surface area contributed by atoms with Crippen molar-refractivity contribution in [2.75, 3.05) is 6.61 Å². The van der Waals surface area contributed by atoms with Crippen molar-refractivity contribution in [1.29, 1.82) is 0 Å². The van der Waals surface area contributed by atoms with Gasteiger partial charge in [0.15, 0.2) is 14.1 Å². The van der Waals surface area contributed by atoms with Gasteiger partial charge in [-0.25, -0.2) is 0 Å². The highest BCUT2D eigenvalue weighted by Crippen LogP contribution is 2.36. The van der Waals surface area contributed by atoms with Gasteiger partial charge in [-0.15, -0.1) is 0 Å². The largest absolute Gasteiger partial charge is 0.413 e. The zero-order valence-corrected chi connectivity index (χ0v) is 13.7. The summed E-state index contributed by atoms with van der Waals surface area (Å²) >= 11 is 3.24. The summed E-state index contributed by atoms with van der Waals surface area (Å²) in [6, 6.07) is 1.82. The number of nitrogens with zero attached hydrogens (tertiary/aromatic N) is 1. The van der Waals surface area contributed by atoms with Crippen LogP contribution in [0.3, 0.4) is 0 Å². The van der Waals surface area contributed by atoms with E-state index in [9.17, 15) is 0 Å². The maximum atomic E-state index is 6.00. The van der Waals surface area contributed by atoms with Crippen LogP contribution in [0.25, 0.3) is 6.08 Å². The van der Waals surface area contributed by atoms with E-state index in [-0.39, 0.29) is 5.04 Å². The number of hydrogen-bond acceptors (Lipinski definition) is 3. The topological polar surface area (TPSA) is 35.3 Å². The highest BCUT2D eigenvalue weighted by molar-refractivity contribution is 9.10. The van der Waals surface area contributed by atoms with Crippen LogP contribution < -0.4 is 0 Å². The van der Waals surface area contributed by atoms with Gasteiger partial charge >= 0.3 is 0 Å². The quantitative estimate of drug-likeness (QED) is 0.768. The molecule has 5 heteroatoms. The molecule has 0 N–H and O–H groups in total. The van der Waals surface area contributed by atoms with Gasteiger partial charge in [-0.05, 0) is 40.1 Å². The Balaban J connectivity index is 2.45. The summed E-state index contributed by atoms with van der Waals surface area (Å²) in [4.78, 5) is 0. The third-order valence-electron chi connectivity index (χ3n) is 3.13. The number of rotatable bonds is 4. The molecule has 1 aromatic heterocycles. The van der Waals surface area contributed by atoms with Crippen LogP contribution in [-0.4, -0.2) is 20.1 Å². The van der Waals surface area contributed by atoms with Gasteiger partial charge in [0.25, 0.3) is 0 Å². The van der Waals surface area contributed by atoms with Crippen LogP contribution in [0.2, 0.25) is 18.1 Å². The molecule has 0 unspecified atom stereocenters.